The minimum absolute atomic E-state index is 0.914. The van der Waals surface area contributed by atoms with Crippen molar-refractivity contribution in [1.29, 1.82) is 0 Å². The van der Waals surface area contributed by atoms with Gasteiger partial charge in [0.15, 0.2) is 0 Å². The number of furan rings is 1. The van der Waals surface area contributed by atoms with Crippen molar-refractivity contribution in [3.8, 4) is 0 Å². The largest absolute Gasteiger partial charge is 0.456 e. The molecule has 0 aliphatic rings. The maximum Gasteiger partial charge on any atom is 0.135 e. The Morgan fingerprint density at radius 3 is 1.42 bits per heavy atom. The van der Waals surface area contributed by atoms with Crippen LogP contribution in [0.15, 0.2) is 136 Å². The van der Waals surface area contributed by atoms with Gasteiger partial charge in [-0.3, -0.25) is 0 Å². The summed E-state index contributed by atoms with van der Waals surface area (Å²) in [6.07, 6.45) is 0. The predicted molar refractivity (Wildman–Crippen MR) is 145 cm³/mol. The Hall–Kier alpha value is -3.40. The van der Waals surface area contributed by atoms with Crippen LogP contribution in [0.2, 0.25) is 0 Å². The summed E-state index contributed by atoms with van der Waals surface area (Å²) in [5.41, 5.74) is 1.83. The van der Waals surface area contributed by atoms with E-state index in [9.17, 15) is 0 Å². The van der Waals surface area contributed by atoms with Crippen molar-refractivity contribution < 1.29 is 4.42 Å². The summed E-state index contributed by atoms with van der Waals surface area (Å²) < 4.78 is 7.24. The molecule has 1 heterocycles. The molecular weight excluding hydrogens is 484 g/mol. The van der Waals surface area contributed by atoms with Gasteiger partial charge in [0.25, 0.3) is 0 Å². The highest BCUT2D eigenvalue weighted by Gasteiger charge is 2.28. The molecule has 0 saturated carbocycles. The van der Waals surface area contributed by atoms with Crippen LogP contribution in [0, 0.1) is 0 Å². The number of benzene rings is 5. The SMILES string of the molecule is Brc1ccc2oc3ccc([Si-](c4ccccc4)(c4ccccc4)c4ccccc4)cc3c2c1. The van der Waals surface area contributed by atoms with Gasteiger partial charge in [-0.05, 0) is 32.3 Å². The standard InChI is InChI=1S/C30H21BrOSi/c31-22-16-18-29-27(20-22)28-21-26(17-19-30(28)32-29)33(23-10-4-1-5-11-23,24-12-6-2-7-13-24)25-14-8-3-9-15-25/h1-21H/q-1. The summed E-state index contributed by atoms with van der Waals surface area (Å²) in [5, 5.41) is 7.75. The normalized spacial score (nSPS) is 11.8. The predicted octanol–water partition coefficient (Wildman–Crippen LogP) is 5.73. The second kappa shape index (κ2) is 8.18. The van der Waals surface area contributed by atoms with Gasteiger partial charge in [-0.15, -0.1) is 0 Å². The van der Waals surface area contributed by atoms with Crippen molar-refractivity contribution in [3.05, 3.63) is 132 Å². The van der Waals surface area contributed by atoms with Gasteiger partial charge >= 0.3 is 0 Å². The summed E-state index contributed by atoms with van der Waals surface area (Å²) >= 11 is 3.64. The van der Waals surface area contributed by atoms with E-state index in [1.165, 1.54) is 20.7 Å². The molecule has 159 valence electrons. The molecule has 1 nitrogen and oxygen atoms in total. The van der Waals surface area contributed by atoms with E-state index >= 15 is 0 Å². The second-order valence-electron chi connectivity index (χ2n) is 8.30. The Morgan fingerprint density at radius 2 is 0.909 bits per heavy atom. The van der Waals surface area contributed by atoms with Crippen LogP contribution in [-0.4, -0.2) is 8.07 Å². The molecule has 0 aliphatic heterocycles. The quantitative estimate of drug-likeness (QED) is 0.221. The van der Waals surface area contributed by atoms with E-state index in [0.29, 0.717) is 0 Å². The van der Waals surface area contributed by atoms with Crippen molar-refractivity contribution >= 4 is 66.7 Å². The topological polar surface area (TPSA) is 13.1 Å². The number of hydrogen-bond acceptors (Lipinski definition) is 1. The van der Waals surface area contributed by atoms with Gasteiger partial charge in [0.05, 0.1) is 0 Å². The first kappa shape index (κ1) is 20.2. The maximum atomic E-state index is 6.19. The summed E-state index contributed by atoms with van der Waals surface area (Å²) in [7, 11) is -2.54. The first-order valence-corrected chi connectivity index (χ1v) is 13.8. The Bertz CT molecular complexity index is 1460. The van der Waals surface area contributed by atoms with E-state index in [1.807, 2.05) is 12.1 Å². The molecule has 6 aromatic rings. The van der Waals surface area contributed by atoms with Gasteiger partial charge in [-0.2, -0.15) is 20.7 Å². The van der Waals surface area contributed by atoms with Crippen molar-refractivity contribution in [2.24, 2.45) is 0 Å². The third-order valence-corrected chi connectivity index (χ3v) is 11.8. The zero-order chi connectivity index (χ0) is 22.3. The Balaban J connectivity index is 1.75. The average molecular weight is 505 g/mol. The van der Waals surface area contributed by atoms with Crippen LogP contribution in [0.5, 0.6) is 0 Å². The molecule has 0 unspecified atom stereocenters. The molecule has 0 atom stereocenters. The van der Waals surface area contributed by atoms with Crippen molar-refractivity contribution in [2.45, 2.75) is 0 Å². The maximum absolute atomic E-state index is 6.19. The van der Waals surface area contributed by atoms with Crippen LogP contribution >= 0.6 is 15.9 Å². The monoisotopic (exact) mass is 504 g/mol. The van der Waals surface area contributed by atoms with E-state index < -0.39 is 8.07 Å². The molecule has 1 aromatic heterocycles. The van der Waals surface area contributed by atoms with Crippen LogP contribution in [-0.2, 0) is 0 Å². The fourth-order valence-corrected chi connectivity index (χ4v) is 10.2. The molecule has 0 N–H and O–H groups in total. The molecule has 0 bridgehead atoms. The highest BCUT2D eigenvalue weighted by molar-refractivity contribution is 9.10. The molecule has 33 heavy (non-hydrogen) atoms. The zero-order valence-corrected chi connectivity index (χ0v) is 20.5. The minimum Gasteiger partial charge on any atom is -0.456 e. The van der Waals surface area contributed by atoms with Crippen molar-refractivity contribution in [1.82, 2.24) is 0 Å². The second-order valence-corrected chi connectivity index (χ2v) is 13.0. The van der Waals surface area contributed by atoms with E-state index in [0.717, 1.165) is 26.4 Å². The Kier molecular flexibility index (Phi) is 5.01. The van der Waals surface area contributed by atoms with Crippen LogP contribution in [0.1, 0.15) is 0 Å². The third-order valence-electron chi connectivity index (χ3n) is 6.48. The smallest absolute Gasteiger partial charge is 0.135 e. The lowest BCUT2D eigenvalue weighted by molar-refractivity contribution is 0.669. The molecule has 0 aliphatic carbocycles. The van der Waals surface area contributed by atoms with Gasteiger partial charge in [0, 0.05) is 15.2 Å². The van der Waals surface area contributed by atoms with Crippen LogP contribution in [0.25, 0.3) is 21.9 Å². The number of hydrogen-bond donors (Lipinski definition) is 0. The Labute approximate surface area is 202 Å². The van der Waals surface area contributed by atoms with E-state index in [2.05, 4.69) is 131 Å². The van der Waals surface area contributed by atoms with Gasteiger partial charge in [0.2, 0.25) is 0 Å². The molecular formula is C30H21BrOSi-. The lowest BCUT2D eigenvalue weighted by Gasteiger charge is -2.47. The summed E-state index contributed by atoms with van der Waals surface area (Å²) in [5.74, 6) is 0. The van der Waals surface area contributed by atoms with Crippen molar-refractivity contribution in [3.63, 3.8) is 0 Å². The summed E-state index contributed by atoms with van der Waals surface area (Å²) in [4.78, 5) is 0. The third kappa shape index (κ3) is 3.27. The molecule has 0 fully saturated rings. The van der Waals surface area contributed by atoms with E-state index in [-0.39, 0.29) is 0 Å². The minimum atomic E-state index is -2.54. The first-order valence-electron chi connectivity index (χ1n) is 11.1. The van der Waals surface area contributed by atoms with Crippen LogP contribution in [0.3, 0.4) is 0 Å². The molecule has 5 aromatic carbocycles. The highest BCUT2D eigenvalue weighted by atomic mass is 79.9. The van der Waals surface area contributed by atoms with Gasteiger partial charge in [0.1, 0.15) is 11.2 Å². The number of halogens is 1. The lowest BCUT2D eigenvalue weighted by Crippen LogP contribution is -2.74. The number of fused-ring (bicyclic) bond motifs is 3. The molecule has 0 radical (unpaired) electrons. The average Bonchev–Trinajstić information content (AvgIpc) is 3.24. The van der Waals surface area contributed by atoms with Gasteiger partial charge in [-0.25, -0.2) is 0 Å². The van der Waals surface area contributed by atoms with Gasteiger partial charge in [-0.1, -0.05) is 119 Å². The first-order chi connectivity index (χ1) is 16.3. The molecule has 0 saturated heterocycles. The molecule has 0 spiro atoms. The molecule has 3 heteroatoms. The molecule has 6 rings (SSSR count). The number of rotatable bonds is 4. The summed E-state index contributed by atoms with van der Waals surface area (Å²) in [6.45, 7) is 0. The van der Waals surface area contributed by atoms with Crippen LogP contribution in [0.4, 0.5) is 0 Å². The fourth-order valence-electron chi connectivity index (χ4n) is 5.05. The van der Waals surface area contributed by atoms with E-state index in [4.69, 9.17) is 4.42 Å². The summed E-state index contributed by atoms with van der Waals surface area (Å²) in [6, 6.07) is 46.0. The van der Waals surface area contributed by atoms with Gasteiger partial charge < -0.3 is 4.42 Å². The lowest BCUT2D eigenvalue weighted by atomic mass is 10.1. The Morgan fingerprint density at radius 1 is 0.455 bits per heavy atom. The van der Waals surface area contributed by atoms with Crippen LogP contribution < -0.4 is 20.7 Å². The molecule has 0 amide bonds. The van der Waals surface area contributed by atoms with Crippen molar-refractivity contribution in [2.75, 3.05) is 0 Å². The fraction of sp³-hybridized carbons (Fsp3) is 0. The highest BCUT2D eigenvalue weighted by Crippen LogP contribution is 2.30. The zero-order valence-electron chi connectivity index (χ0n) is 17.9. The van der Waals surface area contributed by atoms with E-state index in [1.54, 1.807) is 0 Å².